The summed E-state index contributed by atoms with van der Waals surface area (Å²) in [5.74, 6) is 0. The van der Waals surface area contributed by atoms with Gasteiger partial charge in [0.2, 0.25) is 0 Å². The van der Waals surface area contributed by atoms with Gasteiger partial charge >= 0.3 is 0 Å². The van der Waals surface area contributed by atoms with Crippen molar-refractivity contribution >= 4 is 11.4 Å². The van der Waals surface area contributed by atoms with Crippen LogP contribution in [-0.2, 0) is 6.54 Å². The average Bonchev–Trinajstić information content (AvgIpc) is 2.03. The summed E-state index contributed by atoms with van der Waals surface area (Å²) in [6.45, 7) is 0.925. The molecule has 0 aromatic heterocycles. The van der Waals surface area contributed by atoms with Crippen molar-refractivity contribution in [1.29, 1.82) is 0 Å². The van der Waals surface area contributed by atoms with E-state index >= 15 is 0 Å². The Morgan fingerprint density at radius 3 is 2.54 bits per heavy atom. The van der Waals surface area contributed by atoms with Crippen molar-refractivity contribution in [2.24, 2.45) is 0 Å². The number of nitrogen functional groups attached to an aromatic ring is 1. The summed E-state index contributed by atoms with van der Waals surface area (Å²) in [5.41, 5.74) is 8.86. The van der Waals surface area contributed by atoms with Crippen molar-refractivity contribution in [2.45, 2.75) is 6.54 Å². The van der Waals surface area contributed by atoms with E-state index in [4.69, 9.17) is 5.73 Å². The first-order valence-electron chi connectivity index (χ1n) is 4.34. The monoisotopic (exact) mass is 179 g/mol. The van der Waals surface area contributed by atoms with Crippen LogP contribution in [0.5, 0.6) is 0 Å². The fourth-order valence-electron chi connectivity index (χ4n) is 1.30. The second-order valence-electron chi connectivity index (χ2n) is 3.41. The molecule has 0 aliphatic carbocycles. The Balaban J connectivity index is 2.83. The van der Waals surface area contributed by atoms with Crippen LogP contribution in [0.25, 0.3) is 0 Å². The van der Waals surface area contributed by atoms with Gasteiger partial charge in [-0.05, 0) is 31.8 Å². The molecule has 1 aromatic carbocycles. The van der Waals surface area contributed by atoms with Gasteiger partial charge in [0.25, 0.3) is 0 Å². The van der Waals surface area contributed by atoms with Crippen LogP contribution in [0.15, 0.2) is 18.2 Å². The molecule has 0 unspecified atom stereocenters. The summed E-state index contributed by atoms with van der Waals surface area (Å²) in [4.78, 5) is 2.12. The maximum atomic E-state index is 5.83. The molecule has 0 fully saturated rings. The minimum absolute atomic E-state index is 0.807. The second-order valence-corrected chi connectivity index (χ2v) is 3.41. The van der Waals surface area contributed by atoms with Crippen molar-refractivity contribution < 1.29 is 0 Å². The second kappa shape index (κ2) is 4.14. The number of nitrogens with two attached hydrogens (primary N) is 1. The Labute approximate surface area is 79.5 Å². The zero-order valence-corrected chi connectivity index (χ0v) is 8.46. The topological polar surface area (TPSA) is 41.3 Å². The van der Waals surface area contributed by atoms with Gasteiger partial charge in [0.1, 0.15) is 0 Å². The molecule has 1 aromatic rings. The Bertz CT molecular complexity index is 281. The van der Waals surface area contributed by atoms with Crippen LogP contribution >= 0.6 is 0 Å². The van der Waals surface area contributed by atoms with Crippen LogP contribution in [0.3, 0.4) is 0 Å². The van der Waals surface area contributed by atoms with E-state index in [1.165, 1.54) is 5.56 Å². The number of hydrogen-bond acceptors (Lipinski definition) is 3. The van der Waals surface area contributed by atoms with Gasteiger partial charge in [-0.3, -0.25) is 0 Å². The largest absolute Gasteiger partial charge is 0.397 e. The molecule has 0 radical (unpaired) electrons. The van der Waals surface area contributed by atoms with Gasteiger partial charge in [0.05, 0.1) is 11.4 Å². The summed E-state index contributed by atoms with van der Waals surface area (Å²) in [5, 5.41) is 3.04. The molecule has 0 bridgehead atoms. The molecule has 0 saturated carbocycles. The van der Waals surface area contributed by atoms with Crippen LogP contribution in [0, 0.1) is 0 Å². The molecule has 0 aliphatic heterocycles. The molecule has 3 nitrogen and oxygen atoms in total. The molecular weight excluding hydrogens is 162 g/mol. The average molecular weight is 179 g/mol. The lowest BCUT2D eigenvalue weighted by Crippen LogP contribution is -2.11. The highest BCUT2D eigenvalue weighted by Crippen LogP contribution is 2.19. The van der Waals surface area contributed by atoms with Gasteiger partial charge in [-0.15, -0.1) is 0 Å². The van der Waals surface area contributed by atoms with Gasteiger partial charge < -0.3 is 16.0 Å². The molecule has 72 valence electrons. The number of rotatable bonds is 3. The van der Waals surface area contributed by atoms with Gasteiger partial charge in [-0.1, -0.05) is 6.07 Å². The normalized spacial score (nSPS) is 10.5. The highest BCUT2D eigenvalue weighted by Gasteiger charge is 1.99. The SMILES string of the molecule is CNc1ccc(CN(C)C)cc1N. The molecule has 0 saturated heterocycles. The highest BCUT2D eigenvalue weighted by atomic mass is 15.0. The van der Waals surface area contributed by atoms with Gasteiger partial charge in [-0.2, -0.15) is 0 Å². The molecule has 0 heterocycles. The van der Waals surface area contributed by atoms with E-state index in [0.29, 0.717) is 0 Å². The molecule has 0 aliphatic rings. The quantitative estimate of drug-likeness (QED) is 0.689. The van der Waals surface area contributed by atoms with Crippen LogP contribution in [0.1, 0.15) is 5.56 Å². The van der Waals surface area contributed by atoms with E-state index in [0.717, 1.165) is 17.9 Å². The first-order chi connectivity index (χ1) is 6.13. The van der Waals surface area contributed by atoms with Crippen molar-refractivity contribution in [2.75, 3.05) is 32.2 Å². The summed E-state index contributed by atoms with van der Waals surface area (Å²) in [7, 11) is 5.96. The molecule has 0 spiro atoms. The van der Waals surface area contributed by atoms with E-state index in [1.54, 1.807) is 0 Å². The van der Waals surface area contributed by atoms with E-state index < -0.39 is 0 Å². The first kappa shape index (κ1) is 9.86. The summed E-state index contributed by atoms with van der Waals surface area (Å²) < 4.78 is 0. The predicted molar refractivity (Wildman–Crippen MR) is 57.8 cm³/mol. The number of nitrogens with one attached hydrogen (secondary N) is 1. The van der Waals surface area contributed by atoms with Crippen LogP contribution < -0.4 is 11.1 Å². The van der Waals surface area contributed by atoms with E-state index in [2.05, 4.69) is 16.3 Å². The third kappa shape index (κ3) is 2.63. The lowest BCUT2D eigenvalue weighted by Gasteiger charge is -2.11. The summed E-state index contributed by atoms with van der Waals surface area (Å²) >= 11 is 0. The number of anilines is 2. The van der Waals surface area contributed by atoms with Crippen LogP contribution in [0.2, 0.25) is 0 Å². The zero-order chi connectivity index (χ0) is 9.84. The van der Waals surface area contributed by atoms with Crippen LogP contribution in [-0.4, -0.2) is 26.0 Å². The van der Waals surface area contributed by atoms with Gasteiger partial charge in [0, 0.05) is 13.6 Å². The fourth-order valence-corrected chi connectivity index (χ4v) is 1.30. The van der Waals surface area contributed by atoms with Crippen molar-refractivity contribution in [3.05, 3.63) is 23.8 Å². The smallest absolute Gasteiger partial charge is 0.0571 e. The first-order valence-corrected chi connectivity index (χ1v) is 4.34. The third-order valence-corrected chi connectivity index (χ3v) is 1.88. The number of hydrogen-bond donors (Lipinski definition) is 2. The third-order valence-electron chi connectivity index (χ3n) is 1.88. The fraction of sp³-hybridized carbons (Fsp3) is 0.400. The van der Waals surface area contributed by atoms with Crippen LogP contribution in [0.4, 0.5) is 11.4 Å². The minimum Gasteiger partial charge on any atom is -0.397 e. The summed E-state index contributed by atoms with van der Waals surface area (Å²) in [6, 6.07) is 6.10. The molecule has 0 atom stereocenters. The minimum atomic E-state index is 0.807. The van der Waals surface area contributed by atoms with Crippen molar-refractivity contribution in [3.63, 3.8) is 0 Å². The maximum Gasteiger partial charge on any atom is 0.0571 e. The number of benzene rings is 1. The lowest BCUT2D eigenvalue weighted by atomic mass is 10.1. The zero-order valence-electron chi connectivity index (χ0n) is 8.46. The molecular formula is C10H17N3. The molecule has 3 heteroatoms. The Hall–Kier alpha value is -1.22. The predicted octanol–water partition coefficient (Wildman–Crippen LogP) is 1.37. The van der Waals surface area contributed by atoms with E-state index in [1.807, 2.05) is 33.3 Å². The van der Waals surface area contributed by atoms with E-state index in [-0.39, 0.29) is 0 Å². The lowest BCUT2D eigenvalue weighted by molar-refractivity contribution is 0.402. The Morgan fingerprint density at radius 1 is 1.38 bits per heavy atom. The molecule has 13 heavy (non-hydrogen) atoms. The van der Waals surface area contributed by atoms with Crippen molar-refractivity contribution in [1.82, 2.24) is 4.90 Å². The van der Waals surface area contributed by atoms with Gasteiger partial charge in [-0.25, -0.2) is 0 Å². The molecule has 0 amide bonds. The standard InChI is InChI=1S/C10H17N3/c1-12-10-5-4-8(6-9(10)11)7-13(2)3/h4-6,12H,7,11H2,1-3H3. The number of nitrogens with zero attached hydrogens (tertiary/aromatic N) is 1. The molecule has 1 rings (SSSR count). The molecule has 3 N–H and O–H groups in total. The van der Waals surface area contributed by atoms with Crippen molar-refractivity contribution in [3.8, 4) is 0 Å². The Morgan fingerprint density at radius 2 is 2.08 bits per heavy atom. The van der Waals surface area contributed by atoms with Gasteiger partial charge in [0.15, 0.2) is 0 Å². The summed E-state index contributed by atoms with van der Waals surface area (Å²) in [6.07, 6.45) is 0. The highest BCUT2D eigenvalue weighted by molar-refractivity contribution is 5.66. The Kier molecular flexibility index (Phi) is 3.14. The van der Waals surface area contributed by atoms with E-state index in [9.17, 15) is 0 Å². The maximum absolute atomic E-state index is 5.83.